The van der Waals surface area contributed by atoms with E-state index in [4.69, 9.17) is 4.42 Å². The maximum atomic E-state index is 13.8. The molecule has 0 aliphatic rings. The Balaban J connectivity index is 1.90. The van der Waals surface area contributed by atoms with Gasteiger partial charge < -0.3 is 15.1 Å². The number of carbonyl (C=O) groups excluding carboxylic acids is 2. The minimum Gasteiger partial charge on any atom is -0.441 e. The van der Waals surface area contributed by atoms with E-state index in [1.54, 1.807) is 25.1 Å². The van der Waals surface area contributed by atoms with Crippen LogP contribution in [0.5, 0.6) is 0 Å². The van der Waals surface area contributed by atoms with Crippen LogP contribution in [0.25, 0.3) is 11.5 Å². The van der Waals surface area contributed by atoms with Crippen molar-refractivity contribution < 1.29 is 18.4 Å². The van der Waals surface area contributed by atoms with Gasteiger partial charge in [0.1, 0.15) is 11.6 Å². The van der Waals surface area contributed by atoms with E-state index in [2.05, 4.69) is 15.6 Å². The summed E-state index contributed by atoms with van der Waals surface area (Å²) >= 11 is 0. The Hall–Kier alpha value is -2.70. The minimum atomic E-state index is -0.423. The highest BCUT2D eigenvalue weighted by Crippen LogP contribution is 2.24. The minimum absolute atomic E-state index is 0.0594. The summed E-state index contributed by atoms with van der Waals surface area (Å²) in [7, 11) is 0. The molecule has 0 aliphatic heterocycles. The normalized spacial score (nSPS) is 10.5. The van der Waals surface area contributed by atoms with Gasteiger partial charge in [-0.1, -0.05) is 12.1 Å². The standard InChI is InChI=1S/C17H20FN3O3/c1-11-15(10-16(23)20-9-5-8-19-12(2)22)21-17(24-11)13-6-3-4-7-14(13)18/h3-4,6-7H,5,8-10H2,1-2H3,(H,19,22)(H,20,23). The molecule has 2 amide bonds. The summed E-state index contributed by atoms with van der Waals surface area (Å²) < 4.78 is 19.2. The first kappa shape index (κ1) is 17.7. The quantitative estimate of drug-likeness (QED) is 0.759. The van der Waals surface area contributed by atoms with E-state index < -0.39 is 5.82 Å². The lowest BCUT2D eigenvalue weighted by Gasteiger charge is -2.04. The zero-order valence-electron chi connectivity index (χ0n) is 13.7. The van der Waals surface area contributed by atoms with E-state index in [-0.39, 0.29) is 29.7 Å². The van der Waals surface area contributed by atoms with Crippen molar-refractivity contribution in [2.24, 2.45) is 0 Å². The van der Waals surface area contributed by atoms with Crippen LogP contribution in [0.4, 0.5) is 4.39 Å². The van der Waals surface area contributed by atoms with Crippen molar-refractivity contribution >= 4 is 11.8 Å². The molecule has 1 aromatic heterocycles. The molecule has 6 nitrogen and oxygen atoms in total. The summed E-state index contributed by atoms with van der Waals surface area (Å²) in [5.41, 5.74) is 0.746. The third kappa shape index (κ3) is 4.91. The van der Waals surface area contributed by atoms with Crippen molar-refractivity contribution in [2.45, 2.75) is 26.7 Å². The Morgan fingerprint density at radius 1 is 1.21 bits per heavy atom. The highest BCUT2D eigenvalue weighted by molar-refractivity contribution is 5.78. The number of benzene rings is 1. The van der Waals surface area contributed by atoms with Crippen molar-refractivity contribution in [3.63, 3.8) is 0 Å². The third-order valence-corrected chi connectivity index (χ3v) is 3.37. The summed E-state index contributed by atoms with van der Waals surface area (Å²) in [6.07, 6.45) is 0.702. The van der Waals surface area contributed by atoms with Crippen LogP contribution in [0.1, 0.15) is 24.8 Å². The largest absolute Gasteiger partial charge is 0.441 e. The molecule has 0 unspecified atom stereocenters. The van der Waals surface area contributed by atoms with E-state index in [1.165, 1.54) is 13.0 Å². The van der Waals surface area contributed by atoms with E-state index in [0.29, 0.717) is 31.0 Å². The highest BCUT2D eigenvalue weighted by Gasteiger charge is 2.16. The van der Waals surface area contributed by atoms with Gasteiger partial charge in [0.25, 0.3) is 0 Å². The Morgan fingerprint density at radius 3 is 2.62 bits per heavy atom. The fourth-order valence-corrected chi connectivity index (χ4v) is 2.14. The van der Waals surface area contributed by atoms with Gasteiger partial charge in [-0.05, 0) is 25.5 Å². The highest BCUT2D eigenvalue weighted by atomic mass is 19.1. The van der Waals surface area contributed by atoms with Crippen molar-refractivity contribution in [3.05, 3.63) is 41.5 Å². The van der Waals surface area contributed by atoms with Gasteiger partial charge in [-0.3, -0.25) is 9.59 Å². The zero-order chi connectivity index (χ0) is 17.5. The zero-order valence-corrected chi connectivity index (χ0v) is 13.7. The molecule has 0 bridgehead atoms. The second kappa shape index (κ2) is 8.24. The molecule has 2 aromatic rings. The number of oxazole rings is 1. The number of hydrogen-bond donors (Lipinski definition) is 2. The average molecular weight is 333 g/mol. The number of nitrogens with one attached hydrogen (secondary N) is 2. The van der Waals surface area contributed by atoms with Crippen LogP contribution in [-0.4, -0.2) is 29.9 Å². The third-order valence-electron chi connectivity index (χ3n) is 3.37. The first-order valence-electron chi connectivity index (χ1n) is 7.69. The van der Waals surface area contributed by atoms with Crippen LogP contribution in [0.2, 0.25) is 0 Å². The van der Waals surface area contributed by atoms with Gasteiger partial charge in [-0.2, -0.15) is 0 Å². The first-order chi connectivity index (χ1) is 11.5. The average Bonchev–Trinajstić information content (AvgIpc) is 2.87. The van der Waals surface area contributed by atoms with Gasteiger partial charge in [0.15, 0.2) is 0 Å². The molecule has 0 radical (unpaired) electrons. The number of amides is 2. The van der Waals surface area contributed by atoms with Crippen LogP contribution in [0.3, 0.4) is 0 Å². The van der Waals surface area contributed by atoms with Crippen LogP contribution < -0.4 is 10.6 Å². The molecule has 2 N–H and O–H groups in total. The lowest BCUT2D eigenvalue weighted by Crippen LogP contribution is -2.29. The summed E-state index contributed by atoms with van der Waals surface area (Å²) in [6.45, 7) is 4.10. The predicted octanol–water partition coefficient (Wildman–Crippen LogP) is 1.97. The van der Waals surface area contributed by atoms with E-state index in [0.717, 1.165) is 0 Å². The van der Waals surface area contributed by atoms with E-state index >= 15 is 0 Å². The molecule has 1 aromatic carbocycles. The number of carbonyl (C=O) groups is 2. The van der Waals surface area contributed by atoms with Gasteiger partial charge in [-0.25, -0.2) is 9.37 Å². The molecule has 0 saturated heterocycles. The van der Waals surface area contributed by atoms with Crippen LogP contribution >= 0.6 is 0 Å². The summed E-state index contributed by atoms with van der Waals surface area (Å²) in [5.74, 6) is -0.0667. The SMILES string of the molecule is CC(=O)NCCCNC(=O)Cc1nc(-c2ccccc2F)oc1C. The Labute approximate surface area is 139 Å². The lowest BCUT2D eigenvalue weighted by molar-refractivity contribution is -0.120. The molecule has 0 fully saturated rings. The molecule has 7 heteroatoms. The van der Waals surface area contributed by atoms with E-state index in [1.807, 2.05) is 0 Å². The van der Waals surface area contributed by atoms with Crippen LogP contribution in [0, 0.1) is 12.7 Å². The van der Waals surface area contributed by atoms with Crippen molar-refractivity contribution in [3.8, 4) is 11.5 Å². The molecule has 1 heterocycles. The fourth-order valence-electron chi connectivity index (χ4n) is 2.14. The second-order valence-electron chi connectivity index (χ2n) is 5.36. The number of aromatic nitrogens is 1. The predicted molar refractivity (Wildman–Crippen MR) is 86.6 cm³/mol. The molecular weight excluding hydrogens is 313 g/mol. The maximum Gasteiger partial charge on any atom is 0.229 e. The van der Waals surface area contributed by atoms with Gasteiger partial charge in [-0.15, -0.1) is 0 Å². The maximum absolute atomic E-state index is 13.8. The monoisotopic (exact) mass is 333 g/mol. The lowest BCUT2D eigenvalue weighted by atomic mass is 10.2. The fraction of sp³-hybridized carbons (Fsp3) is 0.353. The summed E-state index contributed by atoms with van der Waals surface area (Å²) in [5, 5.41) is 5.40. The number of nitrogens with zero attached hydrogens (tertiary/aromatic N) is 1. The van der Waals surface area contributed by atoms with Crippen LogP contribution in [-0.2, 0) is 16.0 Å². The molecule has 0 spiro atoms. The molecule has 0 saturated carbocycles. The number of halogens is 1. The number of hydrogen-bond acceptors (Lipinski definition) is 4. The van der Waals surface area contributed by atoms with E-state index in [9.17, 15) is 14.0 Å². The molecule has 0 atom stereocenters. The van der Waals surface area contributed by atoms with Gasteiger partial charge in [0, 0.05) is 20.0 Å². The summed E-state index contributed by atoms with van der Waals surface area (Å²) in [4.78, 5) is 26.9. The Kier molecular flexibility index (Phi) is 6.06. The van der Waals surface area contributed by atoms with Crippen LogP contribution in [0.15, 0.2) is 28.7 Å². The number of aryl methyl sites for hydroxylation is 1. The molecule has 0 aliphatic carbocycles. The molecular formula is C17H20FN3O3. The van der Waals surface area contributed by atoms with Gasteiger partial charge >= 0.3 is 0 Å². The Morgan fingerprint density at radius 2 is 1.92 bits per heavy atom. The van der Waals surface area contributed by atoms with Crippen molar-refractivity contribution in [1.82, 2.24) is 15.6 Å². The Bertz CT molecular complexity index is 728. The topological polar surface area (TPSA) is 84.2 Å². The molecule has 128 valence electrons. The first-order valence-corrected chi connectivity index (χ1v) is 7.69. The number of rotatable bonds is 7. The van der Waals surface area contributed by atoms with Crippen molar-refractivity contribution in [1.29, 1.82) is 0 Å². The van der Waals surface area contributed by atoms with Gasteiger partial charge in [0.2, 0.25) is 17.7 Å². The van der Waals surface area contributed by atoms with Crippen molar-refractivity contribution in [2.75, 3.05) is 13.1 Å². The summed E-state index contributed by atoms with van der Waals surface area (Å²) in [6, 6.07) is 6.19. The van der Waals surface area contributed by atoms with Gasteiger partial charge in [0.05, 0.1) is 17.7 Å². The second-order valence-corrected chi connectivity index (χ2v) is 5.36. The smallest absolute Gasteiger partial charge is 0.229 e. The molecule has 24 heavy (non-hydrogen) atoms. The molecule has 2 rings (SSSR count).